The highest BCUT2D eigenvalue weighted by Crippen LogP contribution is 2.28. The molecule has 2 rings (SSSR count). The number of halogens is 4. The normalized spacial score (nSPS) is 22.0. The van der Waals surface area contributed by atoms with Crippen molar-refractivity contribution in [1.82, 2.24) is 19.8 Å². The van der Waals surface area contributed by atoms with Gasteiger partial charge in [-0.3, -0.25) is 9.89 Å². The average molecular weight is 557 g/mol. The molecule has 8 nitrogen and oxygen atoms in total. The van der Waals surface area contributed by atoms with Crippen LogP contribution in [-0.4, -0.2) is 93.7 Å². The molecule has 0 saturated carbocycles. The maximum Gasteiger partial charge on any atom is 0.511 e. The topological polar surface area (TPSA) is 86.3 Å². The molecule has 172 valence electrons. The first-order valence-electron chi connectivity index (χ1n) is 9.58. The lowest BCUT2D eigenvalue weighted by Crippen LogP contribution is -2.52. The number of piperidine rings is 1. The maximum absolute atomic E-state index is 12.7. The van der Waals surface area contributed by atoms with Crippen LogP contribution in [0.15, 0.2) is 4.99 Å². The van der Waals surface area contributed by atoms with E-state index in [-0.39, 0.29) is 49.1 Å². The highest BCUT2D eigenvalue weighted by atomic mass is 127. The molecule has 29 heavy (non-hydrogen) atoms. The van der Waals surface area contributed by atoms with Crippen LogP contribution in [0.5, 0.6) is 0 Å². The van der Waals surface area contributed by atoms with Crippen LogP contribution in [0.3, 0.4) is 0 Å². The minimum Gasteiger partial charge on any atom is -0.379 e. The molecule has 0 aromatic heterocycles. The van der Waals surface area contributed by atoms with Gasteiger partial charge in [0.05, 0.1) is 19.8 Å². The van der Waals surface area contributed by atoms with E-state index in [0.717, 1.165) is 13.1 Å². The van der Waals surface area contributed by atoms with Crippen molar-refractivity contribution in [2.75, 3.05) is 52.5 Å². The molecule has 2 N–H and O–H groups in total. The van der Waals surface area contributed by atoms with Crippen LogP contribution in [0.25, 0.3) is 0 Å². The van der Waals surface area contributed by atoms with Crippen LogP contribution in [0.2, 0.25) is 0 Å². The molecule has 0 radical (unpaired) electrons. The average Bonchev–Trinajstić information content (AvgIpc) is 2.66. The molecule has 0 aromatic rings. The van der Waals surface area contributed by atoms with E-state index in [0.29, 0.717) is 49.4 Å². The van der Waals surface area contributed by atoms with Crippen molar-refractivity contribution in [3.05, 3.63) is 0 Å². The minimum absolute atomic E-state index is 0. The van der Waals surface area contributed by atoms with Gasteiger partial charge < -0.3 is 15.4 Å². The monoisotopic (exact) mass is 557 g/mol. The zero-order valence-electron chi connectivity index (χ0n) is 16.7. The summed E-state index contributed by atoms with van der Waals surface area (Å²) in [5.41, 5.74) is -5.25. The lowest BCUT2D eigenvalue weighted by Gasteiger charge is -2.33. The zero-order chi connectivity index (χ0) is 20.8. The molecule has 0 aromatic carbocycles. The molecule has 13 heteroatoms. The van der Waals surface area contributed by atoms with E-state index in [1.54, 1.807) is 0 Å². The van der Waals surface area contributed by atoms with Crippen LogP contribution in [0, 0.1) is 0 Å². The number of hydrogen-bond donors (Lipinski definition) is 2. The van der Waals surface area contributed by atoms with Gasteiger partial charge in [0, 0.05) is 44.8 Å². The summed E-state index contributed by atoms with van der Waals surface area (Å²) in [6.45, 7) is 8.10. The minimum atomic E-state index is -5.25. The summed E-state index contributed by atoms with van der Waals surface area (Å²) < 4.78 is 66.9. The van der Waals surface area contributed by atoms with Gasteiger partial charge in [0.25, 0.3) is 0 Å². The number of morpholine rings is 1. The molecule has 0 amide bonds. The third-order valence-electron chi connectivity index (χ3n) is 4.95. The fourth-order valence-electron chi connectivity index (χ4n) is 3.26. The number of alkyl halides is 3. The summed E-state index contributed by atoms with van der Waals surface area (Å²) >= 11 is 0. The first-order chi connectivity index (χ1) is 13.1. The van der Waals surface area contributed by atoms with Gasteiger partial charge in [-0.25, -0.2) is 8.42 Å². The summed E-state index contributed by atoms with van der Waals surface area (Å²) in [6.07, 6.45) is 0.581. The van der Waals surface area contributed by atoms with Crippen LogP contribution in [0.4, 0.5) is 13.2 Å². The highest BCUT2D eigenvalue weighted by molar-refractivity contribution is 14.0. The predicted octanol–water partition coefficient (Wildman–Crippen LogP) is 1.19. The fourth-order valence-corrected chi connectivity index (χ4v) is 4.24. The van der Waals surface area contributed by atoms with E-state index in [9.17, 15) is 21.6 Å². The first kappa shape index (κ1) is 26.7. The van der Waals surface area contributed by atoms with Crippen LogP contribution in [0.1, 0.15) is 26.7 Å². The molecular formula is C16H31F3IN5O3S. The number of guanidine groups is 1. The van der Waals surface area contributed by atoms with Crippen LogP contribution < -0.4 is 10.6 Å². The van der Waals surface area contributed by atoms with Gasteiger partial charge in [-0.05, 0) is 26.7 Å². The van der Waals surface area contributed by atoms with Gasteiger partial charge in [0.1, 0.15) is 0 Å². The summed E-state index contributed by atoms with van der Waals surface area (Å²) in [5.74, 6) is 0.597. The van der Waals surface area contributed by atoms with E-state index in [4.69, 9.17) is 4.74 Å². The molecule has 2 aliphatic heterocycles. The second-order valence-corrected chi connectivity index (χ2v) is 8.91. The quantitative estimate of drug-likeness (QED) is 0.290. The predicted molar refractivity (Wildman–Crippen MR) is 116 cm³/mol. The summed E-state index contributed by atoms with van der Waals surface area (Å²) in [6, 6.07) is 0.120. The first-order valence-corrected chi connectivity index (χ1v) is 11.0. The van der Waals surface area contributed by atoms with E-state index in [2.05, 4.69) is 27.4 Å². The third kappa shape index (κ3) is 7.67. The van der Waals surface area contributed by atoms with Crippen LogP contribution in [-0.2, 0) is 14.8 Å². The van der Waals surface area contributed by atoms with Crippen molar-refractivity contribution < 1.29 is 26.3 Å². The Morgan fingerprint density at radius 1 is 1.21 bits per heavy atom. The summed E-state index contributed by atoms with van der Waals surface area (Å²) in [5, 5.41) is 6.36. The number of nitrogens with zero attached hydrogens (tertiary/aromatic N) is 3. The molecule has 0 bridgehead atoms. The van der Waals surface area contributed by atoms with E-state index >= 15 is 0 Å². The molecular weight excluding hydrogens is 526 g/mol. The van der Waals surface area contributed by atoms with Crippen molar-refractivity contribution in [3.8, 4) is 0 Å². The Morgan fingerprint density at radius 2 is 1.79 bits per heavy atom. The molecule has 1 atom stereocenters. The highest BCUT2D eigenvalue weighted by Gasteiger charge is 2.50. The smallest absolute Gasteiger partial charge is 0.379 e. The Hall–Kier alpha value is -0.380. The van der Waals surface area contributed by atoms with E-state index in [1.807, 2.05) is 6.92 Å². The lowest BCUT2D eigenvalue weighted by molar-refractivity contribution is -0.0494. The van der Waals surface area contributed by atoms with E-state index in [1.165, 1.54) is 0 Å². The van der Waals surface area contributed by atoms with Crippen molar-refractivity contribution in [2.24, 2.45) is 4.99 Å². The van der Waals surface area contributed by atoms with Gasteiger partial charge in [0.2, 0.25) is 0 Å². The van der Waals surface area contributed by atoms with Gasteiger partial charge in [0.15, 0.2) is 5.96 Å². The second-order valence-electron chi connectivity index (χ2n) is 6.99. The van der Waals surface area contributed by atoms with Crippen molar-refractivity contribution in [3.63, 3.8) is 0 Å². The van der Waals surface area contributed by atoms with Crippen LogP contribution >= 0.6 is 24.0 Å². The number of hydrogen-bond acceptors (Lipinski definition) is 5. The van der Waals surface area contributed by atoms with Gasteiger partial charge in [-0.15, -0.1) is 24.0 Å². The summed E-state index contributed by atoms with van der Waals surface area (Å²) in [4.78, 5) is 6.89. The largest absolute Gasteiger partial charge is 0.511 e. The Balaban J connectivity index is 0.00000420. The number of nitrogens with one attached hydrogen (secondary N) is 2. The fraction of sp³-hybridized carbons (Fsp3) is 0.938. The van der Waals surface area contributed by atoms with Gasteiger partial charge in [-0.1, -0.05) is 0 Å². The van der Waals surface area contributed by atoms with Crippen molar-refractivity contribution in [1.29, 1.82) is 0 Å². The maximum atomic E-state index is 12.7. The number of ether oxygens (including phenoxy) is 1. The second kappa shape index (κ2) is 11.9. The Morgan fingerprint density at radius 3 is 2.31 bits per heavy atom. The lowest BCUT2D eigenvalue weighted by atomic mass is 10.1. The number of aliphatic imine (C=N–C) groups is 1. The SMILES string of the molecule is CCNC(=NCC(C)N1CCOCC1)NC1CCN(S(=O)(=O)C(F)(F)F)CC1.I. The van der Waals surface area contributed by atoms with Crippen molar-refractivity contribution >= 4 is 40.0 Å². The number of sulfonamides is 1. The zero-order valence-corrected chi connectivity index (χ0v) is 19.9. The molecule has 0 spiro atoms. The van der Waals surface area contributed by atoms with E-state index < -0.39 is 15.5 Å². The third-order valence-corrected chi connectivity index (χ3v) is 6.58. The van der Waals surface area contributed by atoms with Gasteiger partial charge in [-0.2, -0.15) is 17.5 Å². The Kier molecular flexibility index (Phi) is 10.9. The molecule has 1 unspecified atom stereocenters. The molecule has 2 heterocycles. The molecule has 2 aliphatic rings. The van der Waals surface area contributed by atoms with Crippen molar-refractivity contribution in [2.45, 2.75) is 44.3 Å². The molecule has 0 aliphatic carbocycles. The van der Waals surface area contributed by atoms with Gasteiger partial charge >= 0.3 is 15.5 Å². The Bertz CT molecular complexity index is 622. The number of rotatable bonds is 6. The molecule has 2 saturated heterocycles. The Labute approximate surface area is 187 Å². The molecule has 2 fully saturated rings. The summed E-state index contributed by atoms with van der Waals surface area (Å²) in [7, 11) is -5.25. The standard InChI is InChI=1S/C16H30F3N5O3S.HI/c1-3-20-15(21-12-13(2)23-8-10-27-11-9-23)22-14-4-6-24(7-5-14)28(25,26)16(17,18)19;/h13-14H,3-12H2,1-2H3,(H2,20,21,22);1H.